The third kappa shape index (κ3) is 4.50. The summed E-state index contributed by atoms with van der Waals surface area (Å²) < 4.78 is -0.409. The molecule has 5 heteroatoms. The summed E-state index contributed by atoms with van der Waals surface area (Å²) in [4.78, 5) is 15.9. The number of hydrogen-bond donors (Lipinski definition) is 0. The fourth-order valence-corrected chi connectivity index (χ4v) is 5.98. The summed E-state index contributed by atoms with van der Waals surface area (Å²) in [5.41, 5.74) is 3.64. The van der Waals surface area contributed by atoms with Crippen molar-refractivity contribution in [3.05, 3.63) is 131 Å². The Morgan fingerprint density at radius 3 is 1.78 bits per heavy atom. The van der Waals surface area contributed by atoms with Crippen molar-refractivity contribution in [3.63, 3.8) is 0 Å². The molecule has 3 aromatic carbocycles. The molecule has 0 saturated heterocycles. The van der Waals surface area contributed by atoms with Gasteiger partial charge in [0, 0.05) is 20.3 Å². The van der Waals surface area contributed by atoms with E-state index in [-0.39, 0.29) is 11.4 Å². The van der Waals surface area contributed by atoms with Crippen LogP contribution in [0.2, 0.25) is 0 Å². The predicted octanol–water partition coefficient (Wildman–Crippen LogP) is 6.75. The summed E-state index contributed by atoms with van der Waals surface area (Å²) >= 11 is 3.40. The molecule has 0 bridgehead atoms. The molecule has 1 unspecified atom stereocenters. The molecular formula is C27H26N2OS2. The van der Waals surface area contributed by atoms with Crippen LogP contribution in [0.15, 0.2) is 114 Å². The average molecular weight is 459 g/mol. The molecule has 4 rings (SSSR count). The van der Waals surface area contributed by atoms with Crippen LogP contribution in [0.4, 0.5) is 4.79 Å². The monoisotopic (exact) mass is 458 g/mol. The van der Waals surface area contributed by atoms with E-state index in [9.17, 15) is 4.79 Å². The van der Waals surface area contributed by atoms with Crippen molar-refractivity contribution in [1.82, 2.24) is 9.80 Å². The number of carbonyl (C=O) groups excluding carboxylic acids is 1. The predicted molar refractivity (Wildman–Crippen MR) is 137 cm³/mol. The Kier molecular flexibility index (Phi) is 7.08. The van der Waals surface area contributed by atoms with E-state index >= 15 is 0 Å². The maximum Gasteiger partial charge on any atom is 0.324 e. The molecule has 3 aromatic rings. The van der Waals surface area contributed by atoms with Gasteiger partial charge in [-0.2, -0.15) is 0 Å². The Labute approximate surface area is 198 Å². The molecule has 2 amide bonds. The van der Waals surface area contributed by atoms with E-state index in [2.05, 4.69) is 102 Å². The molecule has 0 N–H and O–H groups in total. The lowest BCUT2D eigenvalue weighted by molar-refractivity contribution is 0.190. The second-order valence-corrected chi connectivity index (χ2v) is 9.77. The number of benzene rings is 3. The van der Waals surface area contributed by atoms with Crippen molar-refractivity contribution in [2.75, 3.05) is 14.1 Å². The number of hydrogen-bond acceptors (Lipinski definition) is 3. The first-order valence-electron chi connectivity index (χ1n) is 10.5. The summed E-state index contributed by atoms with van der Waals surface area (Å²) in [6.45, 7) is 0. The highest BCUT2D eigenvalue weighted by Crippen LogP contribution is 2.49. The topological polar surface area (TPSA) is 23.6 Å². The third-order valence-electron chi connectivity index (χ3n) is 5.35. The maximum atomic E-state index is 12.5. The van der Waals surface area contributed by atoms with Crippen LogP contribution in [0.25, 0.3) is 0 Å². The minimum absolute atomic E-state index is 0.0219. The number of amides is 2. The van der Waals surface area contributed by atoms with Crippen LogP contribution >= 0.6 is 23.5 Å². The van der Waals surface area contributed by atoms with Crippen molar-refractivity contribution in [3.8, 4) is 0 Å². The minimum atomic E-state index is -0.409. The van der Waals surface area contributed by atoms with Crippen LogP contribution in [0.5, 0.6) is 0 Å². The van der Waals surface area contributed by atoms with E-state index in [0.29, 0.717) is 0 Å². The molecule has 0 aliphatic carbocycles. The lowest BCUT2D eigenvalue weighted by Gasteiger charge is -2.34. The second-order valence-electron chi connectivity index (χ2n) is 7.62. The van der Waals surface area contributed by atoms with Crippen molar-refractivity contribution in [2.45, 2.75) is 10.1 Å². The van der Waals surface area contributed by atoms with Gasteiger partial charge in [0.25, 0.3) is 0 Å². The molecule has 32 heavy (non-hydrogen) atoms. The van der Waals surface area contributed by atoms with Crippen LogP contribution in [0, 0.1) is 0 Å². The molecule has 1 atom stereocenters. The van der Waals surface area contributed by atoms with Gasteiger partial charge in [-0.1, -0.05) is 91.0 Å². The van der Waals surface area contributed by atoms with Crippen molar-refractivity contribution in [2.24, 2.45) is 0 Å². The van der Waals surface area contributed by atoms with Gasteiger partial charge in [-0.05, 0) is 33.6 Å². The Bertz CT molecular complexity index is 986. The first-order valence-corrected chi connectivity index (χ1v) is 12.3. The van der Waals surface area contributed by atoms with E-state index in [1.54, 1.807) is 47.4 Å². The van der Waals surface area contributed by atoms with Crippen LogP contribution in [0.1, 0.15) is 16.7 Å². The highest BCUT2D eigenvalue weighted by molar-refractivity contribution is 8.04. The van der Waals surface area contributed by atoms with E-state index < -0.39 is 4.75 Å². The molecule has 1 aliphatic rings. The number of carbonyl (C=O) groups is 1. The fourth-order valence-electron chi connectivity index (χ4n) is 3.80. The normalized spacial score (nSPS) is 15.9. The number of thioether (sulfide) groups is 2. The van der Waals surface area contributed by atoms with E-state index in [4.69, 9.17) is 0 Å². The molecule has 1 aliphatic heterocycles. The zero-order valence-electron chi connectivity index (χ0n) is 18.2. The average Bonchev–Trinajstić information content (AvgIpc) is 3.31. The highest BCUT2D eigenvalue weighted by atomic mass is 32.2. The molecular weight excluding hydrogens is 432 g/mol. The SMILES string of the molecule is CN(C)C(=O)N1C=CSC1/C=C\SC(c1ccccc1)(c1ccccc1)c1ccccc1. The van der Waals surface area contributed by atoms with Gasteiger partial charge >= 0.3 is 6.03 Å². The Hall–Kier alpha value is -2.89. The lowest BCUT2D eigenvalue weighted by atomic mass is 9.84. The van der Waals surface area contributed by atoms with E-state index in [0.717, 1.165) is 0 Å². The molecule has 3 nitrogen and oxygen atoms in total. The number of rotatable bonds is 6. The summed E-state index contributed by atoms with van der Waals surface area (Å²) in [5, 5.41) is 4.06. The van der Waals surface area contributed by atoms with Crippen LogP contribution < -0.4 is 0 Å². The molecule has 0 saturated carbocycles. The van der Waals surface area contributed by atoms with Crippen molar-refractivity contribution < 1.29 is 4.79 Å². The van der Waals surface area contributed by atoms with Gasteiger partial charge < -0.3 is 4.90 Å². The second kappa shape index (κ2) is 10.2. The van der Waals surface area contributed by atoms with Gasteiger partial charge in [0.15, 0.2) is 0 Å². The zero-order valence-corrected chi connectivity index (χ0v) is 19.8. The standard InChI is InChI=1S/C27H26N2OS2/c1-28(2)26(30)29-19-21-31-25(29)18-20-32-27(22-12-6-3-7-13-22,23-14-8-4-9-15-23)24-16-10-5-11-17-24/h3-21,25H,1-2H3/b20-18-. The summed E-state index contributed by atoms with van der Waals surface area (Å²) in [5.74, 6) is 0. The van der Waals surface area contributed by atoms with E-state index in [1.807, 2.05) is 11.6 Å². The smallest absolute Gasteiger partial charge is 0.324 e. The molecule has 162 valence electrons. The zero-order chi connectivity index (χ0) is 22.4. The van der Waals surface area contributed by atoms with Gasteiger partial charge in [0.2, 0.25) is 0 Å². The molecule has 0 spiro atoms. The fraction of sp³-hybridized carbons (Fsp3) is 0.148. The first-order chi connectivity index (χ1) is 15.6. The summed E-state index contributed by atoms with van der Waals surface area (Å²) in [6, 6.07) is 31.8. The van der Waals surface area contributed by atoms with Gasteiger partial charge in [0.1, 0.15) is 5.37 Å². The minimum Gasteiger partial charge on any atom is -0.330 e. The Balaban J connectivity index is 1.75. The maximum absolute atomic E-state index is 12.5. The summed E-state index contributed by atoms with van der Waals surface area (Å²) in [7, 11) is 3.56. The number of nitrogens with zero attached hydrogens (tertiary/aromatic N) is 2. The van der Waals surface area contributed by atoms with Crippen molar-refractivity contribution >= 4 is 29.6 Å². The third-order valence-corrected chi connectivity index (χ3v) is 7.64. The van der Waals surface area contributed by atoms with Crippen molar-refractivity contribution in [1.29, 1.82) is 0 Å². The molecule has 0 aromatic heterocycles. The molecule has 1 heterocycles. The van der Waals surface area contributed by atoms with Gasteiger partial charge in [-0.3, -0.25) is 4.90 Å². The van der Waals surface area contributed by atoms with E-state index in [1.165, 1.54) is 16.7 Å². The first kappa shape index (κ1) is 22.3. The number of urea groups is 1. The summed E-state index contributed by atoms with van der Waals surface area (Å²) in [6.07, 6.45) is 3.96. The van der Waals surface area contributed by atoms with Gasteiger partial charge in [0.05, 0.1) is 4.75 Å². The Morgan fingerprint density at radius 2 is 1.34 bits per heavy atom. The highest BCUT2D eigenvalue weighted by Gasteiger charge is 2.36. The quantitative estimate of drug-likeness (QED) is 0.382. The van der Waals surface area contributed by atoms with Gasteiger partial charge in [-0.25, -0.2) is 4.79 Å². The van der Waals surface area contributed by atoms with Crippen LogP contribution in [-0.4, -0.2) is 35.3 Å². The van der Waals surface area contributed by atoms with Gasteiger partial charge in [-0.15, -0.1) is 23.5 Å². The largest absolute Gasteiger partial charge is 0.330 e. The lowest BCUT2D eigenvalue weighted by Crippen LogP contribution is -2.38. The van der Waals surface area contributed by atoms with Crippen LogP contribution in [-0.2, 0) is 4.75 Å². The van der Waals surface area contributed by atoms with Crippen LogP contribution in [0.3, 0.4) is 0 Å². The molecule has 0 radical (unpaired) electrons. The molecule has 0 fully saturated rings. The Morgan fingerprint density at radius 1 is 0.875 bits per heavy atom.